The van der Waals surface area contributed by atoms with Gasteiger partial charge in [0.15, 0.2) is 0 Å². The van der Waals surface area contributed by atoms with Gasteiger partial charge in [0.2, 0.25) is 0 Å². The fourth-order valence-corrected chi connectivity index (χ4v) is 2.75. The molecule has 0 bridgehead atoms. The third-order valence-electron chi connectivity index (χ3n) is 3.94. The van der Waals surface area contributed by atoms with E-state index in [4.69, 9.17) is 0 Å². The SMILES string of the molecule is Cc1ccccc1[C@H](C)NCc1cccc2[nH]ccc12. The standard InChI is InChI=1S/C18H20N2/c1-13-6-3-4-8-16(13)14(2)20-12-15-7-5-9-18-17(15)10-11-19-18/h3-11,14,19-20H,12H2,1-2H3/t14-/m0/s1. The van der Waals surface area contributed by atoms with E-state index in [-0.39, 0.29) is 0 Å². The topological polar surface area (TPSA) is 27.8 Å². The van der Waals surface area contributed by atoms with Gasteiger partial charge in [-0.05, 0) is 42.7 Å². The third-order valence-corrected chi connectivity index (χ3v) is 3.94. The van der Waals surface area contributed by atoms with Gasteiger partial charge in [-0.3, -0.25) is 0 Å². The predicted octanol–water partition coefficient (Wildman–Crippen LogP) is 4.33. The van der Waals surface area contributed by atoms with Gasteiger partial charge in [-0.2, -0.15) is 0 Å². The molecule has 0 unspecified atom stereocenters. The van der Waals surface area contributed by atoms with Gasteiger partial charge in [-0.1, -0.05) is 36.4 Å². The van der Waals surface area contributed by atoms with Crippen molar-refractivity contribution in [2.24, 2.45) is 0 Å². The lowest BCUT2D eigenvalue weighted by molar-refractivity contribution is 0.574. The molecule has 0 aliphatic heterocycles. The molecule has 0 aliphatic rings. The van der Waals surface area contributed by atoms with Gasteiger partial charge in [0.05, 0.1) is 0 Å². The molecule has 1 aromatic heterocycles. The molecule has 0 radical (unpaired) electrons. The average Bonchev–Trinajstić information content (AvgIpc) is 2.94. The third kappa shape index (κ3) is 2.47. The van der Waals surface area contributed by atoms with E-state index in [2.05, 4.69) is 72.7 Å². The van der Waals surface area contributed by atoms with E-state index < -0.39 is 0 Å². The normalized spacial score (nSPS) is 12.7. The molecule has 0 spiro atoms. The molecule has 3 rings (SSSR count). The highest BCUT2D eigenvalue weighted by Gasteiger charge is 2.08. The first kappa shape index (κ1) is 12.9. The lowest BCUT2D eigenvalue weighted by Crippen LogP contribution is -2.18. The molecule has 1 atom stereocenters. The first-order valence-electron chi connectivity index (χ1n) is 7.09. The van der Waals surface area contributed by atoms with Crippen molar-refractivity contribution in [1.82, 2.24) is 10.3 Å². The zero-order chi connectivity index (χ0) is 13.9. The van der Waals surface area contributed by atoms with Crippen molar-refractivity contribution in [3.05, 3.63) is 71.4 Å². The van der Waals surface area contributed by atoms with Crippen LogP contribution < -0.4 is 5.32 Å². The Morgan fingerprint density at radius 3 is 2.75 bits per heavy atom. The van der Waals surface area contributed by atoms with Crippen molar-refractivity contribution in [3.8, 4) is 0 Å². The predicted molar refractivity (Wildman–Crippen MR) is 84.7 cm³/mol. The van der Waals surface area contributed by atoms with Gasteiger partial charge in [-0.25, -0.2) is 0 Å². The summed E-state index contributed by atoms with van der Waals surface area (Å²) >= 11 is 0. The second-order valence-electron chi connectivity index (χ2n) is 5.32. The van der Waals surface area contributed by atoms with Gasteiger partial charge in [-0.15, -0.1) is 0 Å². The summed E-state index contributed by atoms with van der Waals surface area (Å²) in [5, 5.41) is 4.93. The maximum atomic E-state index is 3.62. The van der Waals surface area contributed by atoms with Crippen LogP contribution in [0.1, 0.15) is 29.7 Å². The van der Waals surface area contributed by atoms with E-state index in [1.54, 1.807) is 0 Å². The molecular formula is C18H20N2. The highest BCUT2D eigenvalue weighted by atomic mass is 14.9. The number of hydrogen-bond donors (Lipinski definition) is 2. The molecule has 0 aliphatic carbocycles. The van der Waals surface area contributed by atoms with Gasteiger partial charge >= 0.3 is 0 Å². The number of benzene rings is 2. The Labute approximate surface area is 119 Å². The van der Waals surface area contributed by atoms with Crippen LogP contribution >= 0.6 is 0 Å². The maximum absolute atomic E-state index is 3.62. The summed E-state index contributed by atoms with van der Waals surface area (Å²) in [4.78, 5) is 3.26. The molecule has 0 saturated heterocycles. The minimum Gasteiger partial charge on any atom is -0.361 e. The lowest BCUT2D eigenvalue weighted by atomic mass is 10.0. The van der Waals surface area contributed by atoms with E-state index in [9.17, 15) is 0 Å². The summed E-state index contributed by atoms with van der Waals surface area (Å²) in [7, 11) is 0. The molecule has 20 heavy (non-hydrogen) atoms. The maximum Gasteiger partial charge on any atom is 0.0457 e. The Hall–Kier alpha value is -2.06. The number of aryl methyl sites for hydroxylation is 1. The van der Waals surface area contributed by atoms with Crippen LogP contribution in [0.25, 0.3) is 10.9 Å². The molecule has 0 amide bonds. The smallest absolute Gasteiger partial charge is 0.0457 e. The Bertz CT molecular complexity index is 712. The molecule has 2 N–H and O–H groups in total. The van der Waals surface area contributed by atoms with E-state index >= 15 is 0 Å². The molecule has 1 heterocycles. The van der Waals surface area contributed by atoms with Gasteiger partial charge in [0, 0.05) is 29.7 Å². The number of fused-ring (bicyclic) bond motifs is 1. The Kier molecular flexibility index (Phi) is 3.57. The van der Waals surface area contributed by atoms with E-state index in [1.165, 1.54) is 27.6 Å². The van der Waals surface area contributed by atoms with Crippen LogP contribution in [0.15, 0.2) is 54.7 Å². The van der Waals surface area contributed by atoms with E-state index in [1.807, 2.05) is 6.20 Å². The molecule has 2 nitrogen and oxygen atoms in total. The number of H-pyrrole nitrogens is 1. The number of rotatable bonds is 4. The second-order valence-corrected chi connectivity index (χ2v) is 5.32. The van der Waals surface area contributed by atoms with Gasteiger partial charge in [0.25, 0.3) is 0 Å². The highest BCUT2D eigenvalue weighted by molar-refractivity contribution is 5.82. The molecular weight excluding hydrogens is 244 g/mol. The first-order chi connectivity index (χ1) is 9.75. The molecule has 0 fully saturated rings. The summed E-state index contributed by atoms with van der Waals surface area (Å²) in [5.74, 6) is 0. The number of nitrogens with one attached hydrogen (secondary N) is 2. The number of hydrogen-bond acceptors (Lipinski definition) is 1. The molecule has 2 aromatic carbocycles. The van der Waals surface area contributed by atoms with Crippen molar-refractivity contribution in [1.29, 1.82) is 0 Å². The Morgan fingerprint density at radius 1 is 1.05 bits per heavy atom. The fourth-order valence-electron chi connectivity index (χ4n) is 2.75. The Balaban J connectivity index is 1.76. The summed E-state index contributed by atoms with van der Waals surface area (Å²) in [6.45, 7) is 5.27. The van der Waals surface area contributed by atoms with Crippen LogP contribution in [0.5, 0.6) is 0 Å². The quantitative estimate of drug-likeness (QED) is 0.721. The minimum atomic E-state index is 0.352. The Morgan fingerprint density at radius 2 is 1.90 bits per heavy atom. The van der Waals surface area contributed by atoms with Crippen LogP contribution in [0.4, 0.5) is 0 Å². The van der Waals surface area contributed by atoms with Crippen LogP contribution in [-0.4, -0.2) is 4.98 Å². The monoisotopic (exact) mass is 264 g/mol. The number of aromatic amines is 1. The molecule has 102 valence electrons. The van der Waals surface area contributed by atoms with Gasteiger partial charge in [0.1, 0.15) is 0 Å². The van der Waals surface area contributed by atoms with Crippen LogP contribution in [0.2, 0.25) is 0 Å². The molecule has 0 saturated carbocycles. The van der Waals surface area contributed by atoms with Crippen molar-refractivity contribution < 1.29 is 0 Å². The minimum absolute atomic E-state index is 0.352. The zero-order valence-electron chi connectivity index (χ0n) is 12.0. The van der Waals surface area contributed by atoms with E-state index in [0.29, 0.717) is 6.04 Å². The van der Waals surface area contributed by atoms with Crippen molar-refractivity contribution in [2.75, 3.05) is 0 Å². The highest BCUT2D eigenvalue weighted by Crippen LogP contribution is 2.20. The second kappa shape index (κ2) is 5.51. The molecule has 2 heteroatoms. The van der Waals surface area contributed by atoms with Crippen LogP contribution in [0, 0.1) is 6.92 Å². The largest absolute Gasteiger partial charge is 0.361 e. The summed E-state index contributed by atoms with van der Waals surface area (Å²) in [6, 6.07) is 17.5. The van der Waals surface area contributed by atoms with Crippen LogP contribution in [0.3, 0.4) is 0 Å². The van der Waals surface area contributed by atoms with Crippen molar-refractivity contribution >= 4 is 10.9 Å². The van der Waals surface area contributed by atoms with Crippen molar-refractivity contribution in [3.63, 3.8) is 0 Å². The van der Waals surface area contributed by atoms with Crippen LogP contribution in [-0.2, 0) is 6.54 Å². The summed E-state index contributed by atoms with van der Waals surface area (Å²) in [5.41, 5.74) is 5.25. The van der Waals surface area contributed by atoms with E-state index in [0.717, 1.165) is 6.54 Å². The summed E-state index contributed by atoms with van der Waals surface area (Å²) in [6.07, 6.45) is 2.00. The lowest BCUT2D eigenvalue weighted by Gasteiger charge is -2.17. The first-order valence-corrected chi connectivity index (χ1v) is 7.09. The average molecular weight is 264 g/mol. The fraction of sp³-hybridized carbons (Fsp3) is 0.222. The molecule has 3 aromatic rings. The van der Waals surface area contributed by atoms with Gasteiger partial charge < -0.3 is 10.3 Å². The number of aromatic nitrogens is 1. The summed E-state index contributed by atoms with van der Waals surface area (Å²) < 4.78 is 0. The zero-order valence-corrected chi connectivity index (χ0v) is 12.0. The van der Waals surface area contributed by atoms with Crippen molar-refractivity contribution in [2.45, 2.75) is 26.4 Å².